The van der Waals surface area contributed by atoms with Crippen molar-refractivity contribution in [3.05, 3.63) is 75.0 Å². The molecule has 140 valence electrons. The summed E-state index contributed by atoms with van der Waals surface area (Å²) < 4.78 is 40.8. The second kappa shape index (κ2) is 7.42. The predicted octanol–water partition coefficient (Wildman–Crippen LogP) is 6.10. The highest BCUT2D eigenvalue weighted by Crippen LogP contribution is 2.33. The molecule has 0 spiro atoms. The van der Waals surface area contributed by atoms with Crippen LogP contribution in [0.2, 0.25) is 15.1 Å². The van der Waals surface area contributed by atoms with Crippen molar-refractivity contribution in [3.63, 3.8) is 0 Å². The van der Waals surface area contributed by atoms with Crippen LogP contribution >= 0.6 is 34.8 Å². The summed E-state index contributed by atoms with van der Waals surface area (Å²) in [4.78, 5) is 12.4. The standard InChI is InChI=1S/C17H9Cl3F3N3O/c18-10-6-5-9(7-12(10)20)26-15(17(21,22)23)8-14(25-26)16(27)24-13-4-2-1-3-11(13)19/h1-8H,(H,24,27). The van der Waals surface area contributed by atoms with Gasteiger partial charge >= 0.3 is 6.18 Å². The molecule has 0 aliphatic heterocycles. The van der Waals surface area contributed by atoms with Gasteiger partial charge in [-0.1, -0.05) is 46.9 Å². The van der Waals surface area contributed by atoms with Crippen LogP contribution in [0.15, 0.2) is 48.5 Å². The minimum Gasteiger partial charge on any atom is -0.319 e. The average molecular weight is 435 g/mol. The summed E-state index contributed by atoms with van der Waals surface area (Å²) in [6, 6.07) is 10.8. The van der Waals surface area contributed by atoms with E-state index in [2.05, 4.69) is 10.4 Å². The lowest BCUT2D eigenvalue weighted by molar-refractivity contribution is -0.142. The lowest BCUT2D eigenvalue weighted by Gasteiger charge is -2.10. The molecule has 1 amide bonds. The van der Waals surface area contributed by atoms with Gasteiger partial charge in [-0.05, 0) is 30.3 Å². The van der Waals surface area contributed by atoms with Gasteiger partial charge in [0.2, 0.25) is 0 Å². The van der Waals surface area contributed by atoms with Crippen LogP contribution in [-0.2, 0) is 6.18 Å². The summed E-state index contributed by atoms with van der Waals surface area (Å²) in [5.41, 5.74) is -1.31. The van der Waals surface area contributed by atoms with E-state index in [4.69, 9.17) is 34.8 Å². The summed E-state index contributed by atoms with van der Waals surface area (Å²) in [7, 11) is 0. The molecule has 0 saturated carbocycles. The molecular weight excluding hydrogens is 426 g/mol. The lowest BCUT2D eigenvalue weighted by Crippen LogP contribution is -2.14. The predicted molar refractivity (Wildman–Crippen MR) is 98.0 cm³/mol. The van der Waals surface area contributed by atoms with Crippen molar-refractivity contribution in [1.82, 2.24) is 9.78 Å². The zero-order valence-electron chi connectivity index (χ0n) is 13.2. The van der Waals surface area contributed by atoms with E-state index >= 15 is 0 Å². The molecule has 0 unspecified atom stereocenters. The maximum absolute atomic E-state index is 13.4. The van der Waals surface area contributed by atoms with Gasteiger partial charge in [-0.15, -0.1) is 0 Å². The number of rotatable bonds is 3. The fourth-order valence-electron chi connectivity index (χ4n) is 2.26. The summed E-state index contributed by atoms with van der Waals surface area (Å²) >= 11 is 17.6. The van der Waals surface area contributed by atoms with Crippen molar-refractivity contribution in [1.29, 1.82) is 0 Å². The van der Waals surface area contributed by atoms with E-state index in [9.17, 15) is 18.0 Å². The normalized spacial score (nSPS) is 11.5. The fraction of sp³-hybridized carbons (Fsp3) is 0.0588. The van der Waals surface area contributed by atoms with Crippen molar-refractivity contribution in [3.8, 4) is 5.69 Å². The molecule has 10 heteroatoms. The van der Waals surface area contributed by atoms with Crippen molar-refractivity contribution >= 4 is 46.4 Å². The monoisotopic (exact) mass is 433 g/mol. The topological polar surface area (TPSA) is 46.9 Å². The number of para-hydroxylation sites is 1. The number of carbonyl (C=O) groups excluding carboxylic acids is 1. The minimum atomic E-state index is -4.75. The maximum atomic E-state index is 13.4. The molecule has 1 N–H and O–H groups in total. The number of aromatic nitrogens is 2. The van der Waals surface area contributed by atoms with Crippen LogP contribution in [0.1, 0.15) is 16.2 Å². The minimum absolute atomic E-state index is 0.00789. The van der Waals surface area contributed by atoms with E-state index in [1.807, 2.05) is 0 Å². The van der Waals surface area contributed by atoms with E-state index in [0.717, 1.165) is 0 Å². The third-order valence-corrected chi connectivity index (χ3v) is 4.57. The summed E-state index contributed by atoms with van der Waals surface area (Å²) in [5.74, 6) is -0.840. The van der Waals surface area contributed by atoms with Crippen LogP contribution in [0, 0.1) is 0 Å². The van der Waals surface area contributed by atoms with E-state index in [-0.39, 0.29) is 26.4 Å². The molecule has 4 nitrogen and oxygen atoms in total. The molecule has 27 heavy (non-hydrogen) atoms. The first-order valence-corrected chi connectivity index (χ1v) is 8.49. The Bertz CT molecular complexity index is 1020. The van der Waals surface area contributed by atoms with Gasteiger partial charge in [0.15, 0.2) is 5.69 Å². The number of amides is 1. The third-order valence-electron chi connectivity index (χ3n) is 3.50. The number of nitrogens with one attached hydrogen (secondary N) is 1. The van der Waals surface area contributed by atoms with Gasteiger partial charge in [0.1, 0.15) is 5.69 Å². The van der Waals surface area contributed by atoms with Crippen LogP contribution < -0.4 is 5.32 Å². The first-order valence-electron chi connectivity index (χ1n) is 7.35. The Morgan fingerprint density at radius 2 is 1.67 bits per heavy atom. The highest BCUT2D eigenvalue weighted by atomic mass is 35.5. The maximum Gasteiger partial charge on any atom is 0.433 e. The Balaban J connectivity index is 2.02. The molecule has 0 atom stereocenters. The number of anilines is 1. The highest BCUT2D eigenvalue weighted by molar-refractivity contribution is 6.42. The third kappa shape index (κ3) is 4.21. The molecule has 0 aliphatic rings. The van der Waals surface area contributed by atoms with E-state index in [1.54, 1.807) is 12.1 Å². The van der Waals surface area contributed by atoms with Gasteiger partial charge in [-0.2, -0.15) is 18.3 Å². The largest absolute Gasteiger partial charge is 0.433 e. The molecule has 0 aliphatic carbocycles. The fourth-order valence-corrected chi connectivity index (χ4v) is 2.73. The molecule has 3 aromatic rings. The zero-order chi connectivity index (χ0) is 19.8. The Hall–Kier alpha value is -2.22. The Morgan fingerprint density at radius 1 is 0.963 bits per heavy atom. The van der Waals surface area contributed by atoms with Crippen LogP contribution in [-0.4, -0.2) is 15.7 Å². The number of nitrogens with zero attached hydrogens (tertiary/aromatic N) is 2. The van der Waals surface area contributed by atoms with Crippen molar-refractivity contribution in [2.45, 2.75) is 6.18 Å². The number of hydrogen-bond donors (Lipinski definition) is 1. The first kappa shape index (κ1) is 19.5. The van der Waals surface area contributed by atoms with E-state index in [0.29, 0.717) is 10.7 Å². The van der Waals surface area contributed by atoms with Crippen LogP contribution in [0.25, 0.3) is 5.69 Å². The van der Waals surface area contributed by atoms with Gasteiger partial charge in [0.05, 0.1) is 26.4 Å². The van der Waals surface area contributed by atoms with Gasteiger partial charge < -0.3 is 5.32 Å². The van der Waals surface area contributed by atoms with E-state index < -0.39 is 23.5 Å². The number of carbonyl (C=O) groups is 1. The molecule has 0 bridgehead atoms. The first-order chi connectivity index (χ1) is 12.7. The Kier molecular flexibility index (Phi) is 5.37. The number of halogens is 6. The smallest absolute Gasteiger partial charge is 0.319 e. The molecule has 0 radical (unpaired) electrons. The van der Waals surface area contributed by atoms with Gasteiger partial charge in [0.25, 0.3) is 5.91 Å². The van der Waals surface area contributed by atoms with Gasteiger partial charge in [-0.3, -0.25) is 4.79 Å². The number of hydrogen-bond acceptors (Lipinski definition) is 2. The Labute approximate surface area is 166 Å². The van der Waals surface area contributed by atoms with Crippen LogP contribution in [0.3, 0.4) is 0 Å². The number of benzene rings is 2. The molecule has 0 fully saturated rings. The summed E-state index contributed by atoms with van der Waals surface area (Å²) in [5, 5.41) is 6.69. The number of alkyl halides is 3. The molecule has 2 aromatic carbocycles. The summed E-state index contributed by atoms with van der Waals surface area (Å²) in [6.07, 6.45) is -4.75. The lowest BCUT2D eigenvalue weighted by atomic mass is 10.3. The van der Waals surface area contributed by atoms with E-state index in [1.165, 1.54) is 30.3 Å². The van der Waals surface area contributed by atoms with Crippen LogP contribution in [0.4, 0.5) is 18.9 Å². The quantitative estimate of drug-likeness (QED) is 0.541. The molecule has 0 saturated heterocycles. The van der Waals surface area contributed by atoms with Gasteiger partial charge in [-0.25, -0.2) is 4.68 Å². The van der Waals surface area contributed by atoms with Crippen molar-refractivity contribution < 1.29 is 18.0 Å². The molecule has 1 heterocycles. The Morgan fingerprint density at radius 3 is 2.30 bits per heavy atom. The van der Waals surface area contributed by atoms with Crippen molar-refractivity contribution in [2.75, 3.05) is 5.32 Å². The highest BCUT2D eigenvalue weighted by Gasteiger charge is 2.37. The second-order valence-electron chi connectivity index (χ2n) is 5.36. The molecule has 3 rings (SSSR count). The SMILES string of the molecule is O=C(Nc1ccccc1Cl)c1cc(C(F)(F)F)n(-c2ccc(Cl)c(Cl)c2)n1. The molecular formula is C17H9Cl3F3N3O. The van der Waals surface area contributed by atoms with Crippen LogP contribution in [0.5, 0.6) is 0 Å². The zero-order valence-corrected chi connectivity index (χ0v) is 15.5. The second-order valence-corrected chi connectivity index (χ2v) is 6.58. The molecule has 1 aromatic heterocycles. The summed E-state index contributed by atoms with van der Waals surface area (Å²) in [6.45, 7) is 0. The van der Waals surface area contributed by atoms with Crippen molar-refractivity contribution in [2.24, 2.45) is 0 Å². The average Bonchev–Trinajstić information content (AvgIpc) is 3.05. The van der Waals surface area contributed by atoms with Gasteiger partial charge in [0, 0.05) is 6.07 Å².